The van der Waals surface area contributed by atoms with Crippen LogP contribution in [0.1, 0.15) is 19.9 Å². The number of nitrogens with zero attached hydrogens (tertiary/aromatic N) is 7. The van der Waals surface area contributed by atoms with Gasteiger partial charge in [0.05, 0.1) is 29.6 Å². The minimum Gasteiger partial charge on any atom is -0.365 e. The van der Waals surface area contributed by atoms with E-state index in [-0.39, 0.29) is 16.6 Å². The van der Waals surface area contributed by atoms with Crippen LogP contribution in [0, 0.1) is 0 Å². The molecular weight excluding hydrogens is 366 g/mol. The first kappa shape index (κ1) is 17.7. The summed E-state index contributed by atoms with van der Waals surface area (Å²) in [6.45, 7) is 6.79. The molecule has 4 rings (SSSR count). The number of pyridine rings is 1. The number of halogens is 1. The van der Waals surface area contributed by atoms with Crippen molar-refractivity contribution in [1.82, 2.24) is 24.7 Å². The molecule has 0 aromatic carbocycles. The summed E-state index contributed by atoms with van der Waals surface area (Å²) in [5.74, 6) is 0.904. The highest BCUT2D eigenvalue weighted by Gasteiger charge is 2.23. The second kappa shape index (κ2) is 7.11. The zero-order valence-electron chi connectivity index (χ0n) is 15.2. The van der Waals surface area contributed by atoms with Crippen LogP contribution in [-0.4, -0.2) is 50.9 Å². The lowest BCUT2D eigenvalue weighted by atomic mass is 10.2. The van der Waals surface area contributed by atoms with E-state index in [4.69, 9.17) is 11.6 Å². The Morgan fingerprint density at radius 2 is 1.81 bits per heavy atom. The zero-order chi connectivity index (χ0) is 19.0. The first-order valence-corrected chi connectivity index (χ1v) is 9.26. The molecule has 1 aliphatic heterocycles. The second-order valence-corrected chi connectivity index (χ2v) is 7.13. The maximum atomic E-state index is 12.4. The molecular formula is C18H20ClN7O. The normalized spacial score (nSPS) is 15.0. The summed E-state index contributed by atoms with van der Waals surface area (Å²) in [4.78, 5) is 29.6. The van der Waals surface area contributed by atoms with Crippen molar-refractivity contribution in [3.8, 4) is 0 Å². The van der Waals surface area contributed by atoms with Crippen LogP contribution in [0.5, 0.6) is 0 Å². The molecule has 1 fully saturated rings. The Morgan fingerprint density at radius 1 is 1.07 bits per heavy atom. The molecule has 0 amide bonds. The van der Waals surface area contributed by atoms with E-state index >= 15 is 0 Å². The SMILES string of the molecule is CC(C)n1ncc(N2CCN(c3ncnc4cnccc34)CC2)c(Cl)c1=O. The number of piperazine rings is 1. The van der Waals surface area contributed by atoms with Crippen LogP contribution in [0.4, 0.5) is 11.5 Å². The fraction of sp³-hybridized carbons (Fsp3) is 0.389. The van der Waals surface area contributed by atoms with E-state index in [9.17, 15) is 4.79 Å². The van der Waals surface area contributed by atoms with Crippen molar-refractivity contribution in [3.63, 3.8) is 0 Å². The first-order chi connectivity index (χ1) is 13.1. The third-order valence-electron chi connectivity index (χ3n) is 4.75. The van der Waals surface area contributed by atoms with Crippen molar-refractivity contribution in [2.45, 2.75) is 19.9 Å². The lowest BCUT2D eigenvalue weighted by molar-refractivity contribution is 0.501. The van der Waals surface area contributed by atoms with Gasteiger partial charge in [0.2, 0.25) is 0 Å². The number of fused-ring (bicyclic) bond motifs is 1. The number of aromatic nitrogens is 5. The van der Waals surface area contributed by atoms with Crippen LogP contribution in [-0.2, 0) is 0 Å². The Morgan fingerprint density at radius 3 is 2.56 bits per heavy atom. The average Bonchev–Trinajstić information content (AvgIpc) is 2.69. The van der Waals surface area contributed by atoms with Crippen molar-refractivity contribution in [2.75, 3.05) is 36.0 Å². The van der Waals surface area contributed by atoms with Gasteiger partial charge in [-0.2, -0.15) is 5.10 Å². The third-order valence-corrected chi connectivity index (χ3v) is 5.11. The molecule has 0 spiro atoms. The van der Waals surface area contributed by atoms with Gasteiger partial charge in [-0.05, 0) is 19.9 Å². The van der Waals surface area contributed by atoms with Crippen LogP contribution in [0.15, 0.2) is 35.8 Å². The van der Waals surface area contributed by atoms with E-state index in [1.165, 1.54) is 4.68 Å². The minimum absolute atomic E-state index is 0.0265. The molecule has 0 unspecified atom stereocenters. The molecule has 0 radical (unpaired) electrons. The number of anilines is 2. The van der Waals surface area contributed by atoms with Crippen LogP contribution in [0.2, 0.25) is 5.02 Å². The van der Waals surface area contributed by atoms with Gasteiger partial charge >= 0.3 is 0 Å². The van der Waals surface area contributed by atoms with Gasteiger partial charge in [-0.15, -0.1) is 0 Å². The van der Waals surface area contributed by atoms with E-state index in [2.05, 4.69) is 29.9 Å². The molecule has 0 aliphatic carbocycles. The van der Waals surface area contributed by atoms with Crippen molar-refractivity contribution >= 4 is 34.0 Å². The molecule has 0 bridgehead atoms. The van der Waals surface area contributed by atoms with Crippen molar-refractivity contribution in [1.29, 1.82) is 0 Å². The first-order valence-electron chi connectivity index (χ1n) is 8.88. The lowest BCUT2D eigenvalue weighted by Crippen LogP contribution is -2.47. The van der Waals surface area contributed by atoms with Crippen molar-refractivity contribution in [2.24, 2.45) is 0 Å². The Bertz CT molecular complexity index is 1020. The van der Waals surface area contributed by atoms with E-state index in [1.54, 1.807) is 24.9 Å². The predicted molar refractivity (Wildman–Crippen MR) is 106 cm³/mol. The van der Waals surface area contributed by atoms with E-state index in [0.29, 0.717) is 5.69 Å². The van der Waals surface area contributed by atoms with Crippen LogP contribution >= 0.6 is 11.6 Å². The van der Waals surface area contributed by atoms with Gasteiger partial charge in [0.25, 0.3) is 5.56 Å². The van der Waals surface area contributed by atoms with Gasteiger partial charge in [-0.3, -0.25) is 9.78 Å². The molecule has 9 heteroatoms. The quantitative estimate of drug-likeness (QED) is 0.683. The molecule has 0 atom stereocenters. The topological polar surface area (TPSA) is 80.0 Å². The zero-order valence-corrected chi connectivity index (χ0v) is 16.0. The van der Waals surface area contributed by atoms with Gasteiger partial charge in [0, 0.05) is 37.8 Å². The highest BCUT2D eigenvalue weighted by molar-refractivity contribution is 6.33. The minimum atomic E-state index is -0.249. The molecule has 1 saturated heterocycles. The molecule has 0 saturated carbocycles. The summed E-state index contributed by atoms with van der Waals surface area (Å²) >= 11 is 6.35. The maximum absolute atomic E-state index is 12.4. The predicted octanol–water partition coefficient (Wildman–Crippen LogP) is 2.14. The number of hydrogen-bond acceptors (Lipinski definition) is 7. The molecule has 1 aliphatic rings. The Labute approximate surface area is 161 Å². The van der Waals surface area contributed by atoms with Gasteiger partial charge in [-0.25, -0.2) is 14.6 Å². The lowest BCUT2D eigenvalue weighted by Gasteiger charge is -2.37. The summed E-state index contributed by atoms with van der Waals surface area (Å²) in [7, 11) is 0. The van der Waals surface area contributed by atoms with Crippen molar-refractivity contribution in [3.05, 3.63) is 46.4 Å². The van der Waals surface area contributed by atoms with Gasteiger partial charge < -0.3 is 9.80 Å². The average molecular weight is 386 g/mol. The van der Waals surface area contributed by atoms with Crippen LogP contribution < -0.4 is 15.4 Å². The van der Waals surface area contributed by atoms with Gasteiger partial charge in [-0.1, -0.05) is 11.6 Å². The van der Waals surface area contributed by atoms with Crippen LogP contribution in [0.25, 0.3) is 10.9 Å². The summed E-state index contributed by atoms with van der Waals surface area (Å²) < 4.78 is 1.41. The highest BCUT2D eigenvalue weighted by Crippen LogP contribution is 2.26. The fourth-order valence-electron chi connectivity index (χ4n) is 3.33. The second-order valence-electron chi connectivity index (χ2n) is 6.75. The van der Waals surface area contributed by atoms with Crippen molar-refractivity contribution < 1.29 is 0 Å². The molecule has 140 valence electrons. The molecule has 0 N–H and O–H groups in total. The van der Waals surface area contributed by atoms with E-state index < -0.39 is 0 Å². The maximum Gasteiger partial charge on any atom is 0.287 e. The van der Waals surface area contributed by atoms with E-state index in [1.807, 2.05) is 19.9 Å². The Balaban J connectivity index is 1.56. The molecule has 8 nitrogen and oxygen atoms in total. The number of hydrogen-bond donors (Lipinski definition) is 0. The van der Waals surface area contributed by atoms with Gasteiger partial charge in [0.15, 0.2) is 0 Å². The smallest absolute Gasteiger partial charge is 0.287 e. The highest BCUT2D eigenvalue weighted by atomic mass is 35.5. The monoisotopic (exact) mass is 385 g/mol. The molecule has 3 aromatic heterocycles. The van der Waals surface area contributed by atoms with Crippen LogP contribution in [0.3, 0.4) is 0 Å². The summed E-state index contributed by atoms with van der Waals surface area (Å²) in [6, 6.07) is 1.91. The number of rotatable bonds is 3. The summed E-state index contributed by atoms with van der Waals surface area (Å²) in [5, 5.41) is 5.48. The molecule has 4 heterocycles. The van der Waals surface area contributed by atoms with Gasteiger partial charge in [0.1, 0.15) is 17.2 Å². The Hall–Kier alpha value is -2.74. The van der Waals surface area contributed by atoms with E-state index in [0.717, 1.165) is 42.9 Å². The molecule has 27 heavy (non-hydrogen) atoms. The fourth-order valence-corrected chi connectivity index (χ4v) is 3.58. The largest absolute Gasteiger partial charge is 0.365 e. The third kappa shape index (κ3) is 3.21. The summed E-state index contributed by atoms with van der Waals surface area (Å²) in [5.41, 5.74) is 1.27. The summed E-state index contributed by atoms with van der Waals surface area (Å²) in [6.07, 6.45) is 6.75. The Kier molecular flexibility index (Phi) is 4.65. The molecule has 3 aromatic rings. The standard InChI is InChI=1S/C18H20ClN7O/c1-12(2)26-18(27)16(19)15(10-23-26)24-5-7-25(8-6-24)17-13-3-4-20-9-14(13)21-11-22-17/h3-4,9-12H,5-8H2,1-2H3.